The molecule has 0 aromatic heterocycles. The maximum atomic E-state index is 13.8. The van der Waals surface area contributed by atoms with Crippen molar-refractivity contribution in [1.82, 2.24) is 5.43 Å². The second kappa shape index (κ2) is 5.94. The van der Waals surface area contributed by atoms with Crippen molar-refractivity contribution in [3.8, 4) is 0 Å². The van der Waals surface area contributed by atoms with Crippen LogP contribution in [-0.2, 0) is 0 Å². The van der Waals surface area contributed by atoms with Crippen molar-refractivity contribution in [1.29, 1.82) is 0 Å². The summed E-state index contributed by atoms with van der Waals surface area (Å²) in [5.41, 5.74) is 3.47. The molecule has 0 amide bonds. The molecule has 1 aliphatic rings. The van der Waals surface area contributed by atoms with E-state index in [9.17, 15) is 4.39 Å². The molecule has 94 valence electrons. The zero-order chi connectivity index (χ0) is 12.3. The number of hydrogen-bond acceptors (Lipinski definition) is 2. The van der Waals surface area contributed by atoms with Gasteiger partial charge in [-0.25, -0.2) is 4.39 Å². The minimum Gasteiger partial charge on any atom is -0.271 e. The lowest BCUT2D eigenvalue weighted by Crippen LogP contribution is -2.35. The van der Waals surface area contributed by atoms with Crippen molar-refractivity contribution in [2.45, 2.75) is 38.1 Å². The molecule has 1 fully saturated rings. The first kappa shape index (κ1) is 13.0. The molecule has 1 aromatic rings. The van der Waals surface area contributed by atoms with Crippen LogP contribution in [0, 0.1) is 11.7 Å². The van der Waals surface area contributed by atoms with Crippen LogP contribution in [0.15, 0.2) is 22.7 Å². The SMILES string of the molecule is NNC(c1cc(Br)ccc1F)C1CCCCC1. The van der Waals surface area contributed by atoms with Crippen LogP contribution in [-0.4, -0.2) is 0 Å². The molecule has 0 bridgehead atoms. The molecule has 0 aliphatic heterocycles. The van der Waals surface area contributed by atoms with E-state index >= 15 is 0 Å². The van der Waals surface area contributed by atoms with Crippen LogP contribution in [0.1, 0.15) is 43.7 Å². The molecule has 1 aromatic carbocycles. The number of nitrogens with two attached hydrogens (primary N) is 1. The fourth-order valence-corrected chi connectivity index (χ4v) is 3.08. The van der Waals surface area contributed by atoms with Crippen LogP contribution in [0.4, 0.5) is 4.39 Å². The Hall–Kier alpha value is -0.450. The first-order chi connectivity index (χ1) is 8.22. The van der Waals surface area contributed by atoms with Gasteiger partial charge in [-0.05, 0) is 37.0 Å². The van der Waals surface area contributed by atoms with Crippen molar-refractivity contribution in [2.75, 3.05) is 0 Å². The highest BCUT2D eigenvalue weighted by atomic mass is 79.9. The van der Waals surface area contributed by atoms with E-state index in [0.717, 1.165) is 17.3 Å². The maximum absolute atomic E-state index is 13.8. The summed E-state index contributed by atoms with van der Waals surface area (Å²) < 4.78 is 14.7. The van der Waals surface area contributed by atoms with Gasteiger partial charge in [0.05, 0.1) is 6.04 Å². The predicted octanol–water partition coefficient (Wildman–Crippen LogP) is 3.67. The van der Waals surface area contributed by atoms with Crippen LogP contribution in [0.3, 0.4) is 0 Å². The lowest BCUT2D eigenvalue weighted by Gasteiger charge is -2.30. The van der Waals surface area contributed by atoms with E-state index in [1.165, 1.54) is 25.3 Å². The molecular formula is C13H18BrFN2. The van der Waals surface area contributed by atoms with E-state index in [1.807, 2.05) is 6.07 Å². The minimum atomic E-state index is -0.179. The summed E-state index contributed by atoms with van der Waals surface area (Å²) in [5, 5.41) is 0. The molecule has 3 N–H and O–H groups in total. The number of benzene rings is 1. The summed E-state index contributed by atoms with van der Waals surface area (Å²) in [6.07, 6.45) is 5.98. The Labute approximate surface area is 110 Å². The van der Waals surface area contributed by atoms with Crippen molar-refractivity contribution in [3.63, 3.8) is 0 Å². The molecule has 1 atom stereocenters. The van der Waals surface area contributed by atoms with Gasteiger partial charge in [0, 0.05) is 10.0 Å². The molecular weight excluding hydrogens is 283 g/mol. The summed E-state index contributed by atoms with van der Waals surface area (Å²) in [7, 11) is 0. The van der Waals surface area contributed by atoms with Crippen LogP contribution in [0.25, 0.3) is 0 Å². The zero-order valence-corrected chi connectivity index (χ0v) is 11.3. The van der Waals surface area contributed by atoms with Crippen molar-refractivity contribution in [2.24, 2.45) is 11.8 Å². The third-order valence-corrected chi connectivity index (χ3v) is 4.09. The van der Waals surface area contributed by atoms with Gasteiger partial charge in [0.2, 0.25) is 0 Å². The molecule has 17 heavy (non-hydrogen) atoms. The number of halogens is 2. The second-order valence-electron chi connectivity index (χ2n) is 4.71. The Morgan fingerprint density at radius 2 is 2.00 bits per heavy atom. The Balaban J connectivity index is 2.24. The Kier molecular flexibility index (Phi) is 4.54. The normalized spacial score (nSPS) is 19.2. The summed E-state index contributed by atoms with van der Waals surface area (Å²) in [6.45, 7) is 0. The van der Waals surface area contributed by atoms with Crippen LogP contribution in [0.2, 0.25) is 0 Å². The quantitative estimate of drug-likeness (QED) is 0.660. The first-order valence-corrected chi connectivity index (χ1v) is 6.92. The number of hydrogen-bond donors (Lipinski definition) is 2. The van der Waals surface area contributed by atoms with Gasteiger partial charge in [0.15, 0.2) is 0 Å². The first-order valence-electron chi connectivity index (χ1n) is 6.13. The molecule has 0 heterocycles. The lowest BCUT2D eigenvalue weighted by atomic mass is 9.81. The fraction of sp³-hybridized carbons (Fsp3) is 0.538. The topological polar surface area (TPSA) is 38.0 Å². The second-order valence-corrected chi connectivity index (χ2v) is 5.62. The van der Waals surface area contributed by atoms with Crippen LogP contribution >= 0.6 is 15.9 Å². The van der Waals surface area contributed by atoms with Crippen molar-refractivity contribution >= 4 is 15.9 Å². The van der Waals surface area contributed by atoms with Gasteiger partial charge in [0.1, 0.15) is 5.82 Å². The summed E-state index contributed by atoms with van der Waals surface area (Å²) in [4.78, 5) is 0. The highest BCUT2D eigenvalue weighted by Gasteiger charge is 2.26. The fourth-order valence-electron chi connectivity index (χ4n) is 2.70. The van der Waals surface area contributed by atoms with Gasteiger partial charge in [-0.1, -0.05) is 35.2 Å². The molecule has 2 nitrogen and oxygen atoms in total. The number of hydrazine groups is 1. The molecule has 0 radical (unpaired) electrons. The van der Waals surface area contributed by atoms with Gasteiger partial charge in [-0.15, -0.1) is 0 Å². The number of rotatable bonds is 3. The van der Waals surface area contributed by atoms with Crippen molar-refractivity contribution < 1.29 is 4.39 Å². The standard InChI is InChI=1S/C13H18BrFN2/c14-10-6-7-12(15)11(8-10)13(17-16)9-4-2-1-3-5-9/h6-9,13,17H,1-5,16H2. The minimum absolute atomic E-state index is 0.0761. The van der Waals surface area contributed by atoms with Crippen LogP contribution in [0.5, 0.6) is 0 Å². The van der Waals surface area contributed by atoms with Gasteiger partial charge in [-0.3, -0.25) is 11.3 Å². The summed E-state index contributed by atoms with van der Waals surface area (Å²) >= 11 is 3.38. The van der Waals surface area contributed by atoms with Gasteiger partial charge < -0.3 is 0 Å². The van der Waals surface area contributed by atoms with Crippen LogP contribution < -0.4 is 11.3 Å². The van der Waals surface area contributed by atoms with E-state index in [4.69, 9.17) is 5.84 Å². The van der Waals surface area contributed by atoms with E-state index < -0.39 is 0 Å². The van der Waals surface area contributed by atoms with Crippen molar-refractivity contribution in [3.05, 3.63) is 34.1 Å². The third-order valence-electron chi connectivity index (χ3n) is 3.59. The van der Waals surface area contributed by atoms with E-state index in [1.54, 1.807) is 6.07 Å². The highest BCUT2D eigenvalue weighted by Crippen LogP contribution is 2.35. The number of nitrogens with one attached hydrogen (secondary N) is 1. The van der Waals surface area contributed by atoms with Gasteiger partial charge in [-0.2, -0.15) is 0 Å². The summed E-state index contributed by atoms with van der Waals surface area (Å²) in [6, 6.07) is 4.96. The molecule has 0 spiro atoms. The third kappa shape index (κ3) is 3.06. The Morgan fingerprint density at radius 3 is 2.65 bits per heavy atom. The Morgan fingerprint density at radius 1 is 1.29 bits per heavy atom. The lowest BCUT2D eigenvalue weighted by molar-refractivity contribution is 0.268. The molecule has 0 saturated heterocycles. The smallest absolute Gasteiger partial charge is 0.128 e. The molecule has 1 unspecified atom stereocenters. The van der Waals surface area contributed by atoms with E-state index in [0.29, 0.717) is 11.5 Å². The average Bonchev–Trinajstić information content (AvgIpc) is 2.36. The molecule has 2 rings (SSSR count). The molecule has 4 heteroatoms. The maximum Gasteiger partial charge on any atom is 0.128 e. The molecule has 1 aliphatic carbocycles. The average molecular weight is 301 g/mol. The summed E-state index contributed by atoms with van der Waals surface area (Å²) in [5.74, 6) is 5.89. The zero-order valence-electron chi connectivity index (χ0n) is 9.76. The molecule has 1 saturated carbocycles. The monoisotopic (exact) mass is 300 g/mol. The largest absolute Gasteiger partial charge is 0.271 e. The highest BCUT2D eigenvalue weighted by molar-refractivity contribution is 9.10. The Bertz CT molecular complexity index is 378. The van der Waals surface area contributed by atoms with Gasteiger partial charge >= 0.3 is 0 Å². The van der Waals surface area contributed by atoms with E-state index in [2.05, 4.69) is 21.4 Å². The van der Waals surface area contributed by atoms with Gasteiger partial charge in [0.25, 0.3) is 0 Å². The van der Waals surface area contributed by atoms with E-state index in [-0.39, 0.29) is 11.9 Å². The predicted molar refractivity (Wildman–Crippen MR) is 70.7 cm³/mol.